The van der Waals surface area contributed by atoms with E-state index in [-0.39, 0.29) is 5.69 Å². The molecule has 102 valence electrons. The molecule has 0 aliphatic carbocycles. The summed E-state index contributed by atoms with van der Waals surface area (Å²) < 4.78 is 3.28. The predicted molar refractivity (Wildman–Crippen MR) is 72.1 cm³/mol. The molecule has 0 saturated heterocycles. The Morgan fingerprint density at radius 1 is 1.26 bits per heavy atom. The molecule has 1 heterocycles. The second kappa shape index (κ2) is 4.89. The van der Waals surface area contributed by atoms with Crippen LogP contribution in [0.1, 0.15) is 25.5 Å². The van der Waals surface area contributed by atoms with Gasteiger partial charge in [0.25, 0.3) is 0 Å². The van der Waals surface area contributed by atoms with Crippen molar-refractivity contribution in [1.29, 1.82) is 0 Å². The molecule has 0 unspecified atom stereocenters. The highest BCUT2D eigenvalue weighted by Gasteiger charge is 2.17. The fraction of sp³-hybridized carbons (Fsp3) is 0.385. The predicted octanol–water partition coefficient (Wildman–Crippen LogP) is 0.927. The number of aromatic nitrogens is 2. The number of benzene rings is 1. The van der Waals surface area contributed by atoms with E-state index in [1.807, 2.05) is 13.8 Å². The van der Waals surface area contributed by atoms with Crippen molar-refractivity contribution in [3.8, 4) is 0 Å². The van der Waals surface area contributed by atoms with Gasteiger partial charge in [-0.25, -0.2) is 4.79 Å². The maximum Gasteiger partial charge on any atom is 0.329 e. The molecule has 0 aliphatic heterocycles. The molecule has 6 heteroatoms. The summed E-state index contributed by atoms with van der Waals surface area (Å²) in [4.78, 5) is 23.1. The second-order valence-electron chi connectivity index (χ2n) is 4.34. The minimum absolute atomic E-state index is 0.0824. The Kier molecular flexibility index (Phi) is 3.44. The van der Waals surface area contributed by atoms with Gasteiger partial charge in [0.15, 0.2) is 0 Å². The molecule has 0 bridgehead atoms. The molecule has 3 N–H and O–H groups in total. The third kappa shape index (κ3) is 2.04. The summed E-state index contributed by atoms with van der Waals surface area (Å²) >= 11 is 0. The van der Waals surface area contributed by atoms with Crippen LogP contribution in [0.4, 0.5) is 0 Å². The summed E-state index contributed by atoms with van der Waals surface area (Å²) in [5.74, 6) is -1.08. The number of carboxylic acids is 1. The number of hydrogen-bond acceptors (Lipinski definition) is 3. The monoisotopic (exact) mass is 263 g/mol. The number of aliphatic carboxylic acids is 1. The first-order chi connectivity index (χ1) is 9.01. The summed E-state index contributed by atoms with van der Waals surface area (Å²) in [6.07, 6.45) is 0. The summed E-state index contributed by atoms with van der Waals surface area (Å²) in [7, 11) is 0. The van der Waals surface area contributed by atoms with Gasteiger partial charge in [0.1, 0.15) is 6.04 Å². The molecule has 1 atom stereocenters. The molecule has 0 radical (unpaired) electrons. The summed E-state index contributed by atoms with van der Waals surface area (Å²) in [5, 5.41) is 8.94. The zero-order valence-corrected chi connectivity index (χ0v) is 11.0. The average molecular weight is 263 g/mol. The Bertz CT molecular complexity index is 684. The largest absolute Gasteiger partial charge is 0.480 e. The minimum Gasteiger partial charge on any atom is -0.480 e. The van der Waals surface area contributed by atoms with Crippen LogP contribution >= 0.6 is 0 Å². The molecule has 1 aromatic heterocycles. The van der Waals surface area contributed by atoms with Crippen LogP contribution in [0.5, 0.6) is 0 Å². The first kappa shape index (κ1) is 13.4. The van der Waals surface area contributed by atoms with Gasteiger partial charge in [0, 0.05) is 13.1 Å². The minimum atomic E-state index is -1.08. The van der Waals surface area contributed by atoms with E-state index in [1.165, 1.54) is 0 Å². The second-order valence-corrected chi connectivity index (χ2v) is 4.34. The number of carboxylic acid groups (broad SMARTS) is 1. The lowest BCUT2D eigenvalue weighted by atomic mass is 10.1. The fourth-order valence-electron chi connectivity index (χ4n) is 2.28. The molecule has 0 saturated carbocycles. The van der Waals surface area contributed by atoms with E-state index in [1.54, 1.807) is 27.3 Å². The van der Waals surface area contributed by atoms with Gasteiger partial charge in [-0.3, -0.25) is 13.9 Å². The molecule has 2 aromatic rings. The van der Waals surface area contributed by atoms with E-state index >= 15 is 0 Å². The Labute approximate surface area is 110 Å². The molecular weight excluding hydrogens is 246 g/mol. The van der Waals surface area contributed by atoms with Crippen molar-refractivity contribution >= 4 is 17.0 Å². The first-order valence-corrected chi connectivity index (χ1v) is 6.22. The number of aryl methyl sites for hydroxylation is 2. The molecule has 0 fully saturated rings. The van der Waals surface area contributed by atoms with Crippen molar-refractivity contribution < 1.29 is 9.90 Å². The van der Waals surface area contributed by atoms with Crippen LogP contribution in [0, 0.1) is 0 Å². The SMILES string of the molecule is CCn1c(=O)n(CC)c2cc([C@H](N)C(=O)O)ccc21. The van der Waals surface area contributed by atoms with Crippen molar-refractivity contribution in [3.05, 3.63) is 34.2 Å². The van der Waals surface area contributed by atoms with E-state index in [0.29, 0.717) is 18.7 Å². The number of hydrogen-bond donors (Lipinski definition) is 2. The summed E-state index contributed by atoms with van der Waals surface area (Å²) in [5.41, 5.74) is 7.54. The van der Waals surface area contributed by atoms with Crippen LogP contribution in [0.3, 0.4) is 0 Å². The van der Waals surface area contributed by atoms with E-state index in [2.05, 4.69) is 0 Å². The summed E-state index contributed by atoms with van der Waals surface area (Å²) in [6, 6.07) is 4.03. The maximum atomic E-state index is 12.1. The smallest absolute Gasteiger partial charge is 0.329 e. The van der Waals surface area contributed by atoms with Gasteiger partial charge in [-0.2, -0.15) is 0 Å². The highest BCUT2D eigenvalue weighted by molar-refractivity contribution is 5.81. The Balaban J connectivity index is 2.72. The quantitative estimate of drug-likeness (QED) is 0.858. The van der Waals surface area contributed by atoms with Gasteiger partial charge in [0.2, 0.25) is 0 Å². The lowest BCUT2D eigenvalue weighted by Crippen LogP contribution is -2.23. The lowest BCUT2D eigenvalue weighted by molar-refractivity contribution is -0.138. The van der Waals surface area contributed by atoms with Crippen LogP contribution in [0.25, 0.3) is 11.0 Å². The van der Waals surface area contributed by atoms with Gasteiger partial charge in [-0.05, 0) is 31.5 Å². The highest BCUT2D eigenvalue weighted by atomic mass is 16.4. The number of imidazole rings is 1. The van der Waals surface area contributed by atoms with Crippen LogP contribution in [0.2, 0.25) is 0 Å². The standard InChI is InChI=1S/C13H17N3O3/c1-3-15-9-6-5-8(11(14)12(17)18)7-10(9)16(4-2)13(15)19/h5-7,11H,3-4,14H2,1-2H3,(H,17,18)/t11-/m0/s1. The van der Waals surface area contributed by atoms with Gasteiger partial charge in [0.05, 0.1) is 11.0 Å². The zero-order valence-electron chi connectivity index (χ0n) is 11.0. The molecule has 2 rings (SSSR count). The van der Waals surface area contributed by atoms with Crippen molar-refractivity contribution in [3.63, 3.8) is 0 Å². The Hall–Kier alpha value is -2.08. The van der Waals surface area contributed by atoms with E-state index < -0.39 is 12.0 Å². The Morgan fingerprint density at radius 2 is 1.84 bits per heavy atom. The van der Waals surface area contributed by atoms with Gasteiger partial charge in [-0.15, -0.1) is 0 Å². The zero-order chi connectivity index (χ0) is 14.2. The molecule has 0 aliphatic rings. The van der Waals surface area contributed by atoms with E-state index in [4.69, 9.17) is 10.8 Å². The third-order valence-corrected chi connectivity index (χ3v) is 3.30. The van der Waals surface area contributed by atoms with Crippen molar-refractivity contribution in [2.45, 2.75) is 33.0 Å². The van der Waals surface area contributed by atoms with Crippen LogP contribution in [-0.2, 0) is 17.9 Å². The number of fused-ring (bicyclic) bond motifs is 1. The maximum absolute atomic E-state index is 12.1. The van der Waals surface area contributed by atoms with Crippen molar-refractivity contribution in [2.24, 2.45) is 5.73 Å². The molecule has 1 aromatic carbocycles. The van der Waals surface area contributed by atoms with Gasteiger partial charge < -0.3 is 10.8 Å². The number of nitrogens with two attached hydrogens (primary N) is 1. The van der Waals surface area contributed by atoms with Crippen LogP contribution in [-0.4, -0.2) is 20.2 Å². The highest BCUT2D eigenvalue weighted by Crippen LogP contribution is 2.19. The molecule has 0 spiro atoms. The van der Waals surface area contributed by atoms with Crippen LogP contribution < -0.4 is 11.4 Å². The van der Waals surface area contributed by atoms with Crippen molar-refractivity contribution in [2.75, 3.05) is 0 Å². The van der Waals surface area contributed by atoms with Crippen LogP contribution in [0.15, 0.2) is 23.0 Å². The van der Waals surface area contributed by atoms with E-state index in [0.717, 1.165) is 11.0 Å². The molecule has 19 heavy (non-hydrogen) atoms. The normalized spacial score (nSPS) is 12.8. The molecule has 6 nitrogen and oxygen atoms in total. The lowest BCUT2D eigenvalue weighted by Gasteiger charge is -2.07. The van der Waals surface area contributed by atoms with E-state index in [9.17, 15) is 9.59 Å². The first-order valence-electron chi connectivity index (χ1n) is 6.22. The third-order valence-electron chi connectivity index (χ3n) is 3.30. The molecular formula is C13H17N3O3. The number of carbonyl (C=O) groups is 1. The Morgan fingerprint density at radius 3 is 2.37 bits per heavy atom. The number of nitrogens with zero attached hydrogens (tertiary/aromatic N) is 2. The molecule has 0 amide bonds. The fourth-order valence-corrected chi connectivity index (χ4v) is 2.28. The number of rotatable bonds is 4. The van der Waals surface area contributed by atoms with Gasteiger partial charge >= 0.3 is 11.7 Å². The van der Waals surface area contributed by atoms with Gasteiger partial charge in [-0.1, -0.05) is 6.07 Å². The average Bonchev–Trinajstić information content (AvgIpc) is 2.67. The van der Waals surface area contributed by atoms with Crippen molar-refractivity contribution in [1.82, 2.24) is 9.13 Å². The summed E-state index contributed by atoms with van der Waals surface area (Å²) in [6.45, 7) is 4.89. The topological polar surface area (TPSA) is 90.3 Å².